The van der Waals surface area contributed by atoms with Gasteiger partial charge in [0.15, 0.2) is 0 Å². The van der Waals surface area contributed by atoms with Gasteiger partial charge < -0.3 is 19.6 Å². The lowest BCUT2D eigenvalue weighted by Crippen LogP contribution is -2.51. The van der Waals surface area contributed by atoms with Gasteiger partial charge in [0.1, 0.15) is 6.04 Å². The number of hydrogen-bond acceptors (Lipinski definition) is 4. The summed E-state index contributed by atoms with van der Waals surface area (Å²) in [6.07, 6.45) is 0.344. The topological polar surface area (TPSA) is 70.1 Å². The maximum absolute atomic E-state index is 12.2. The van der Waals surface area contributed by atoms with Crippen molar-refractivity contribution in [2.75, 3.05) is 39.5 Å². The fourth-order valence-electron chi connectivity index (χ4n) is 2.49. The molecule has 18 heavy (non-hydrogen) atoms. The molecule has 1 N–H and O–H groups in total. The molecule has 2 fully saturated rings. The zero-order valence-corrected chi connectivity index (χ0v) is 10.7. The average molecular weight is 256 g/mol. The Kier molecular flexibility index (Phi) is 4.19. The van der Waals surface area contributed by atoms with E-state index in [1.165, 1.54) is 0 Å². The van der Waals surface area contributed by atoms with Gasteiger partial charge in [0, 0.05) is 38.6 Å². The first kappa shape index (κ1) is 13.3. The van der Waals surface area contributed by atoms with E-state index in [1.54, 1.807) is 16.7 Å². The highest BCUT2D eigenvalue weighted by Gasteiger charge is 2.36. The number of aliphatic hydroxyl groups excluding tert-OH is 1. The van der Waals surface area contributed by atoms with Crippen molar-refractivity contribution in [3.8, 4) is 0 Å². The molecular weight excluding hydrogens is 236 g/mol. The fourth-order valence-corrected chi connectivity index (χ4v) is 2.49. The molecule has 2 aliphatic rings. The van der Waals surface area contributed by atoms with Gasteiger partial charge in [0.25, 0.3) is 0 Å². The monoisotopic (exact) mass is 256 g/mol. The molecule has 6 heteroatoms. The number of aliphatic hydroxyl groups is 1. The van der Waals surface area contributed by atoms with Crippen molar-refractivity contribution in [3.05, 3.63) is 0 Å². The molecule has 2 aliphatic heterocycles. The summed E-state index contributed by atoms with van der Waals surface area (Å²) in [5, 5.41) is 9.08. The third-order valence-electron chi connectivity index (χ3n) is 3.64. The number of amides is 2. The molecular formula is C12H20N2O4. The maximum atomic E-state index is 12.2. The van der Waals surface area contributed by atoms with Crippen molar-refractivity contribution in [1.29, 1.82) is 0 Å². The van der Waals surface area contributed by atoms with Crippen LogP contribution in [-0.2, 0) is 14.3 Å². The second kappa shape index (κ2) is 5.67. The van der Waals surface area contributed by atoms with Gasteiger partial charge in [-0.05, 0) is 6.92 Å². The summed E-state index contributed by atoms with van der Waals surface area (Å²) < 4.78 is 5.20. The predicted molar refractivity (Wildman–Crippen MR) is 63.8 cm³/mol. The van der Waals surface area contributed by atoms with Crippen molar-refractivity contribution in [1.82, 2.24) is 9.80 Å². The summed E-state index contributed by atoms with van der Waals surface area (Å²) >= 11 is 0. The number of ether oxygens (including phenoxy) is 1. The molecule has 6 nitrogen and oxygen atoms in total. The van der Waals surface area contributed by atoms with Crippen LogP contribution >= 0.6 is 0 Å². The third kappa shape index (κ3) is 2.64. The van der Waals surface area contributed by atoms with Gasteiger partial charge in [-0.1, -0.05) is 0 Å². The standard InChI is InChI=1S/C12H20N2O4/c1-9(12(17)13-2-4-18-5-3-13)14-7-10(8-15)6-11(14)16/h9-10,15H,2-8H2,1H3. The van der Waals surface area contributed by atoms with Crippen LogP contribution in [0.5, 0.6) is 0 Å². The van der Waals surface area contributed by atoms with E-state index in [0.29, 0.717) is 39.3 Å². The number of carbonyl (C=O) groups is 2. The van der Waals surface area contributed by atoms with Crippen LogP contribution in [0.25, 0.3) is 0 Å². The van der Waals surface area contributed by atoms with E-state index in [9.17, 15) is 9.59 Å². The van der Waals surface area contributed by atoms with E-state index in [-0.39, 0.29) is 24.3 Å². The third-order valence-corrected chi connectivity index (χ3v) is 3.64. The summed E-state index contributed by atoms with van der Waals surface area (Å²) in [5.41, 5.74) is 0. The molecule has 2 rings (SSSR count). The van der Waals surface area contributed by atoms with E-state index in [0.717, 1.165) is 0 Å². The number of nitrogens with zero attached hydrogens (tertiary/aromatic N) is 2. The lowest BCUT2D eigenvalue weighted by Gasteiger charge is -2.32. The molecule has 0 spiro atoms. The van der Waals surface area contributed by atoms with Crippen LogP contribution in [-0.4, -0.2) is 72.2 Å². The molecule has 0 saturated carbocycles. The Labute approximate surface area is 106 Å². The second-order valence-electron chi connectivity index (χ2n) is 4.91. The molecule has 2 heterocycles. The average Bonchev–Trinajstić information content (AvgIpc) is 2.79. The highest BCUT2D eigenvalue weighted by Crippen LogP contribution is 2.20. The zero-order chi connectivity index (χ0) is 13.1. The molecule has 0 bridgehead atoms. The molecule has 0 aromatic heterocycles. The van der Waals surface area contributed by atoms with Gasteiger partial charge in [-0.2, -0.15) is 0 Å². The van der Waals surface area contributed by atoms with Gasteiger partial charge in [-0.15, -0.1) is 0 Å². The highest BCUT2D eigenvalue weighted by atomic mass is 16.5. The summed E-state index contributed by atoms with van der Waals surface area (Å²) in [4.78, 5) is 27.4. The van der Waals surface area contributed by atoms with Gasteiger partial charge in [0.2, 0.25) is 11.8 Å². The van der Waals surface area contributed by atoms with Crippen LogP contribution in [0.2, 0.25) is 0 Å². The Morgan fingerprint density at radius 2 is 2.17 bits per heavy atom. The van der Waals surface area contributed by atoms with Crippen molar-refractivity contribution >= 4 is 11.8 Å². The van der Waals surface area contributed by atoms with E-state index >= 15 is 0 Å². The first-order valence-electron chi connectivity index (χ1n) is 6.40. The number of hydrogen-bond donors (Lipinski definition) is 1. The SMILES string of the molecule is CC(C(=O)N1CCOCC1)N1CC(CO)CC1=O. The number of rotatable bonds is 3. The van der Waals surface area contributed by atoms with Crippen LogP contribution in [0.1, 0.15) is 13.3 Å². The van der Waals surface area contributed by atoms with E-state index in [1.807, 2.05) is 0 Å². The van der Waals surface area contributed by atoms with Crippen molar-refractivity contribution in [2.24, 2.45) is 5.92 Å². The molecule has 0 aromatic rings. The minimum absolute atomic E-state index is 0.000699. The Hall–Kier alpha value is -1.14. The molecule has 2 unspecified atom stereocenters. The van der Waals surface area contributed by atoms with Crippen LogP contribution in [0.3, 0.4) is 0 Å². The molecule has 102 valence electrons. The zero-order valence-electron chi connectivity index (χ0n) is 10.7. The Bertz CT molecular complexity index is 328. The Morgan fingerprint density at radius 1 is 1.50 bits per heavy atom. The Balaban J connectivity index is 1.95. The molecule has 2 saturated heterocycles. The minimum atomic E-state index is -0.438. The fraction of sp³-hybridized carbons (Fsp3) is 0.833. The van der Waals surface area contributed by atoms with Crippen LogP contribution in [0.15, 0.2) is 0 Å². The number of carbonyl (C=O) groups excluding carboxylic acids is 2. The summed E-state index contributed by atoms with van der Waals surface area (Å²) in [7, 11) is 0. The van der Waals surface area contributed by atoms with Crippen molar-refractivity contribution in [3.63, 3.8) is 0 Å². The van der Waals surface area contributed by atoms with Gasteiger partial charge in [-0.3, -0.25) is 9.59 Å². The minimum Gasteiger partial charge on any atom is -0.396 e. The maximum Gasteiger partial charge on any atom is 0.245 e. The first-order valence-corrected chi connectivity index (χ1v) is 6.40. The molecule has 2 amide bonds. The second-order valence-corrected chi connectivity index (χ2v) is 4.91. The van der Waals surface area contributed by atoms with E-state index < -0.39 is 6.04 Å². The lowest BCUT2D eigenvalue weighted by molar-refractivity contribution is -0.145. The van der Waals surface area contributed by atoms with Crippen LogP contribution in [0.4, 0.5) is 0 Å². The highest BCUT2D eigenvalue weighted by molar-refractivity contribution is 5.88. The number of likely N-dealkylation sites (tertiary alicyclic amines) is 1. The first-order chi connectivity index (χ1) is 8.63. The molecule has 0 aromatic carbocycles. The molecule has 0 radical (unpaired) electrons. The normalized spacial score (nSPS) is 26.6. The summed E-state index contributed by atoms with van der Waals surface area (Å²) in [5.74, 6) is -0.0918. The predicted octanol–water partition coefficient (Wildman–Crippen LogP) is -0.925. The number of morpholine rings is 1. The molecule has 0 aliphatic carbocycles. The summed E-state index contributed by atoms with van der Waals surface area (Å²) in [6.45, 7) is 4.54. The largest absolute Gasteiger partial charge is 0.396 e. The van der Waals surface area contributed by atoms with Crippen LogP contribution in [0, 0.1) is 5.92 Å². The van der Waals surface area contributed by atoms with E-state index in [4.69, 9.17) is 9.84 Å². The molecule has 2 atom stereocenters. The Morgan fingerprint density at radius 3 is 2.72 bits per heavy atom. The van der Waals surface area contributed by atoms with E-state index in [2.05, 4.69) is 0 Å². The smallest absolute Gasteiger partial charge is 0.245 e. The van der Waals surface area contributed by atoms with Crippen molar-refractivity contribution in [2.45, 2.75) is 19.4 Å². The summed E-state index contributed by atoms with van der Waals surface area (Å²) in [6, 6.07) is -0.438. The van der Waals surface area contributed by atoms with Crippen LogP contribution < -0.4 is 0 Å². The van der Waals surface area contributed by atoms with Gasteiger partial charge in [0.05, 0.1) is 13.2 Å². The van der Waals surface area contributed by atoms with Crippen molar-refractivity contribution < 1.29 is 19.4 Å². The quantitative estimate of drug-likeness (QED) is 0.708. The van der Waals surface area contributed by atoms with Gasteiger partial charge in [-0.25, -0.2) is 0 Å². The lowest BCUT2D eigenvalue weighted by atomic mass is 10.1. The van der Waals surface area contributed by atoms with Gasteiger partial charge >= 0.3 is 0 Å².